The molecule has 0 saturated heterocycles. The van der Waals surface area contributed by atoms with Crippen LogP contribution in [0.5, 0.6) is 0 Å². The Morgan fingerprint density at radius 2 is 1.39 bits per heavy atom. The lowest BCUT2D eigenvalue weighted by molar-refractivity contribution is 0.569. The second-order valence-electron chi connectivity index (χ2n) is 14.8. The summed E-state index contributed by atoms with van der Waals surface area (Å²) in [6.07, 6.45) is 25.1. The minimum atomic E-state index is 0.260. The summed E-state index contributed by atoms with van der Waals surface area (Å²) in [5, 5.41) is 7.33. The van der Waals surface area contributed by atoms with Crippen molar-refractivity contribution in [3.8, 4) is 11.3 Å². The van der Waals surface area contributed by atoms with Gasteiger partial charge >= 0.3 is 0 Å². The molecule has 0 saturated carbocycles. The Kier molecular flexibility index (Phi) is 6.84. The van der Waals surface area contributed by atoms with E-state index < -0.39 is 0 Å². The molecule has 0 fully saturated rings. The van der Waals surface area contributed by atoms with Gasteiger partial charge in [0.2, 0.25) is 0 Å². The van der Waals surface area contributed by atoms with Gasteiger partial charge in [-0.15, -0.1) is 0 Å². The van der Waals surface area contributed by atoms with E-state index in [0.717, 1.165) is 22.3 Å². The van der Waals surface area contributed by atoms with Crippen molar-refractivity contribution < 1.29 is 0 Å². The first kappa shape index (κ1) is 30.9. The van der Waals surface area contributed by atoms with E-state index in [4.69, 9.17) is 9.97 Å². The van der Waals surface area contributed by atoms with E-state index in [-0.39, 0.29) is 11.8 Å². The topological polar surface area (TPSA) is 25.8 Å². The van der Waals surface area contributed by atoms with Crippen molar-refractivity contribution in [1.29, 1.82) is 0 Å². The molecular formula is C52H36N2. The van der Waals surface area contributed by atoms with Gasteiger partial charge in [-0.05, 0) is 98.5 Å². The van der Waals surface area contributed by atoms with Crippen LogP contribution in [0.2, 0.25) is 0 Å². The van der Waals surface area contributed by atoms with Crippen LogP contribution >= 0.6 is 0 Å². The fourth-order valence-electron chi connectivity index (χ4n) is 9.55. The van der Waals surface area contributed by atoms with E-state index in [0.29, 0.717) is 0 Å². The maximum absolute atomic E-state index is 5.26. The van der Waals surface area contributed by atoms with Crippen LogP contribution in [-0.4, -0.2) is 9.97 Å². The van der Waals surface area contributed by atoms with Crippen molar-refractivity contribution in [1.82, 2.24) is 9.97 Å². The predicted octanol–water partition coefficient (Wildman–Crippen LogP) is 13.1. The van der Waals surface area contributed by atoms with Crippen LogP contribution in [0.4, 0.5) is 0 Å². The molecule has 0 bridgehead atoms. The van der Waals surface area contributed by atoms with Crippen molar-refractivity contribution in [2.24, 2.45) is 11.8 Å². The average Bonchev–Trinajstić information content (AvgIpc) is 3.23. The number of aromatic nitrogens is 2. The van der Waals surface area contributed by atoms with Crippen LogP contribution in [0.25, 0.3) is 71.8 Å². The van der Waals surface area contributed by atoms with Crippen molar-refractivity contribution >= 4 is 60.6 Å². The van der Waals surface area contributed by atoms with E-state index in [1.165, 1.54) is 88.0 Å². The number of allylic oxidation sites excluding steroid dienone is 15. The molecule has 4 aliphatic rings. The largest absolute Gasteiger partial charge is 0.256 e. The minimum Gasteiger partial charge on any atom is -0.256 e. The molecule has 0 radical (unpaired) electrons. The van der Waals surface area contributed by atoms with Gasteiger partial charge in [0.05, 0.1) is 16.7 Å². The predicted molar refractivity (Wildman–Crippen MR) is 228 cm³/mol. The molecule has 2 aromatic heterocycles. The summed E-state index contributed by atoms with van der Waals surface area (Å²) in [4.78, 5) is 10.0. The summed E-state index contributed by atoms with van der Waals surface area (Å²) in [5.74, 6) is 0.521. The number of hydrogen-bond donors (Lipinski definition) is 0. The lowest BCUT2D eigenvalue weighted by atomic mass is 9.61. The first-order valence-electron chi connectivity index (χ1n) is 18.9. The van der Waals surface area contributed by atoms with Crippen molar-refractivity contribution in [3.05, 3.63) is 209 Å². The Balaban J connectivity index is 1.01. The fourth-order valence-corrected chi connectivity index (χ4v) is 9.55. The number of nitrogens with zero attached hydrogens (tertiary/aromatic N) is 2. The molecule has 4 aliphatic carbocycles. The van der Waals surface area contributed by atoms with Crippen LogP contribution in [0.15, 0.2) is 186 Å². The number of para-hydroxylation sites is 1. The molecule has 2 heteroatoms. The van der Waals surface area contributed by atoms with Gasteiger partial charge in [0.1, 0.15) is 0 Å². The highest BCUT2D eigenvalue weighted by molar-refractivity contribution is 6.22. The van der Waals surface area contributed by atoms with Gasteiger partial charge in [0, 0.05) is 45.1 Å². The van der Waals surface area contributed by atoms with Crippen LogP contribution in [-0.2, 0) is 0 Å². The second kappa shape index (κ2) is 11.9. The number of aryl methyl sites for hydroxylation is 1. The molecule has 0 amide bonds. The van der Waals surface area contributed by atoms with E-state index in [1.807, 2.05) is 12.3 Å². The molecule has 2 atom stereocenters. The van der Waals surface area contributed by atoms with Crippen molar-refractivity contribution in [3.63, 3.8) is 0 Å². The first-order valence-corrected chi connectivity index (χ1v) is 18.9. The SMILES string of the molecule is C/C=C\c1c(C2=CC=C3C=CC4=C(c5ccc(-c6nc7ccccc7c7c6ccc6ccccc67)cc5)C=CC5=CC=C2C3C54)cc2cccnc2c1C. The maximum atomic E-state index is 5.26. The van der Waals surface area contributed by atoms with E-state index in [9.17, 15) is 0 Å². The van der Waals surface area contributed by atoms with Gasteiger partial charge < -0.3 is 0 Å². The molecule has 0 spiro atoms. The Morgan fingerprint density at radius 1 is 0.630 bits per heavy atom. The third-order valence-electron chi connectivity index (χ3n) is 12.0. The van der Waals surface area contributed by atoms with Crippen molar-refractivity contribution in [2.45, 2.75) is 13.8 Å². The number of benzene rings is 5. The summed E-state index contributed by atoms with van der Waals surface area (Å²) < 4.78 is 0. The molecule has 0 aliphatic heterocycles. The number of hydrogen-bond acceptors (Lipinski definition) is 2. The third-order valence-corrected chi connectivity index (χ3v) is 12.0. The highest BCUT2D eigenvalue weighted by Gasteiger charge is 2.41. The zero-order valence-electron chi connectivity index (χ0n) is 30.2. The van der Waals surface area contributed by atoms with Gasteiger partial charge in [0.15, 0.2) is 0 Å². The molecule has 11 rings (SSSR count). The summed E-state index contributed by atoms with van der Waals surface area (Å²) in [6.45, 7) is 4.31. The van der Waals surface area contributed by atoms with Crippen LogP contribution in [0.3, 0.4) is 0 Å². The fraction of sp³-hybridized carbons (Fsp3) is 0.0769. The molecule has 2 nitrogen and oxygen atoms in total. The lowest BCUT2D eigenvalue weighted by Gasteiger charge is -2.42. The summed E-state index contributed by atoms with van der Waals surface area (Å²) in [6, 6.07) is 37.4. The van der Waals surface area contributed by atoms with E-state index >= 15 is 0 Å². The Bertz CT molecular complexity index is 3030. The van der Waals surface area contributed by atoms with Gasteiger partial charge in [-0.25, -0.2) is 4.98 Å². The summed E-state index contributed by atoms with van der Waals surface area (Å²) in [7, 11) is 0. The normalized spacial score (nSPS) is 18.7. The molecule has 0 N–H and O–H groups in total. The van der Waals surface area contributed by atoms with E-state index in [2.05, 4.69) is 172 Å². The molecule has 2 unspecified atom stereocenters. The van der Waals surface area contributed by atoms with Crippen LogP contribution in [0.1, 0.15) is 29.2 Å². The molecular weight excluding hydrogens is 653 g/mol. The summed E-state index contributed by atoms with van der Waals surface area (Å²) in [5.41, 5.74) is 17.3. The van der Waals surface area contributed by atoms with Crippen molar-refractivity contribution in [2.75, 3.05) is 0 Å². The lowest BCUT2D eigenvalue weighted by Crippen LogP contribution is -2.30. The Morgan fingerprint density at radius 3 is 2.28 bits per heavy atom. The highest BCUT2D eigenvalue weighted by atomic mass is 14.7. The highest BCUT2D eigenvalue weighted by Crippen LogP contribution is 2.54. The van der Waals surface area contributed by atoms with Gasteiger partial charge in [-0.1, -0.05) is 146 Å². The molecule has 5 aromatic carbocycles. The molecule has 54 heavy (non-hydrogen) atoms. The second-order valence-corrected chi connectivity index (χ2v) is 14.8. The van der Waals surface area contributed by atoms with Gasteiger partial charge in [-0.3, -0.25) is 4.98 Å². The maximum Gasteiger partial charge on any atom is 0.0788 e. The number of rotatable bonds is 4. The molecule has 7 aromatic rings. The van der Waals surface area contributed by atoms with Gasteiger partial charge in [-0.2, -0.15) is 0 Å². The molecule has 254 valence electrons. The number of fused-ring (bicyclic) bond motifs is 6. The Labute approximate surface area is 314 Å². The standard InChI is InChI=1S/C52H36N2/c1-3-9-38-31(2)51-37(11-8-29-53-51)30-46(38)41-25-21-35-22-26-42-39(24-20-34-23-27-43(41)49(35)48(34)42)33-15-17-36(18-16-33)52-45-28-19-32-10-4-5-12-40(32)50(45)44-13-6-7-14-47(44)54-52/h3-30,48-49H,1-2H3/b9-3-. The quantitative estimate of drug-likeness (QED) is 0.172. The average molecular weight is 689 g/mol. The van der Waals surface area contributed by atoms with Crippen LogP contribution < -0.4 is 0 Å². The monoisotopic (exact) mass is 688 g/mol. The third kappa shape index (κ3) is 4.53. The smallest absolute Gasteiger partial charge is 0.0788 e. The Hall–Kier alpha value is -6.64. The zero-order chi connectivity index (χ0) is 35.9. The summed E-state index contributed by atoms with van der Waals surface area (Å²) >= 11 is 0. The van der Waals surface area contributed by atoms with E-state index in [1.54, 1.807) is 0 Å². The first-order chi connectivity index (χ1) is 26.7. The van der Waals surface area contributed by atoms with Gasteiger partial charge in [0.25, 0.3) is 0 Å². The zero-order valence-corrected chi connectivity index (χ0v) is 30.2. The van der Waals surface area contributed by atoms with Crippen LogP contribution in [0, 0.1) is 18.8 Å². The minimum absolute atomic E-state index is 0.260. The number of pyridine rings is 2. The molecule has 2 heterocycles.